The number of esters is 1. The minimum absolute atomic E-state index is 0.101. The Morgan fingerprint density at radius 2 is 1.84 bits per heavy atom. The van der Waals surface area contributed by atoms with Gasteiger partial charge in [-0.3, -0.25) is 14.7 Å². The van der Waals surface area contributed by atoms with Crippen LogP contribution in [0.1, 0.15) is 10.4 Å². The predicted octanol–water partition coefficient (Wildman–Crippen LogP) is 2.93. The molecular formula is C14H10F2N2O6S. The predicted molar refractivity (Wildman–Crippen MR) is 83.7 cm³/mol. The Bertz CT molecular complexity index is 859. The van der Waals surface area contributed by atoms with Crippen LogP contribution in [0.25, 0.3) is 0 Å². The minimum atomic E-state index is -2.82. The molecule has 1 N–H and O–H groups in total. The topological polar surface area (TPSA) is 110 Å². The second kappa shape index (κ2) is 7.32. The molecule has 0 amide bonds. The molecule has 0 radical (unpaired) electrons. The lowest BCUT2D eigenvalue weighted by Gasteiger charge is -2.21. The zero-order chi connectivity index (χ0) is 18.7. The van der Waals surface area contributed by atoms with E-state index in [4.69, 9.17) is 0 Å². The molecule has 0 aliphatic heterocycles. The number of carbonyl (C=O) groups excluding carboxylic acids is 1. The average Bonchev–Trinajstić information content (AvgIpc) is 2.57. The number of methoxy groups -OCH3 is 1. The van der Waals surface area contributed by atoms with E-state index in [1.807, 2.05) is 0 Å². The van der Waals surface area contributed by atoms with Crippen molar-refractivity contribution in [2.24, 2.45) is 0 Å². The van der Waals surface area contributed by atoms with Crippen molar-refractivity contribution in [1.29, 1.82) is 0 Å². The maximum Gasteiger partial charge on any atom is 0.340 e. The number of nitro benzene ring substituents is 1. The molecule has 2 rings (SSSR count). The van der Waals surface area contributed by atoms with E-state index in [0.717, 1.165) is 31.4 Å². The third kappa shape index (κ3) is 3.78. The molecule has 0 bridgehead atoms. The lowest BCUT2D eigenvalue weighted by molar-refractivity contribution is -0.384. The van der Waals surface area contributed by atoms with Crippen LogP contribution in [0.15, 0.2) is 36.4 Å². The fourth-order valence-corrected chi connectivity index (χ4v) is 2.59. The Labute approximate surface area is 142 Å². The van der Waals surface area contributed by atoms with Crippen LogP contribution in [0.3, 0.4) is 0 Å². The number of ether oxygens (including phenoxy) is 1. The quantitative estimate of drug-likeness (QED) is 0.374. The maximum absolute atomic E-state index is 14.3. The lowest BCUT2D eigenvalue weighted by Crippen LogP contribution is -2.21. The summed E-state index contributed by atoms with van der Waals surface area (Å²) in [5, 5.41) is 10.6. The van der Waals surface area contributed by atoms with Gasteiger partial charge in [0.25, 0.3) is 17.0 Å². The molecule has 25 heavy (non-hydrogen) atoms. The summed E-state index contributed by atoms with van der Waals surface area (Å²) in [6.45, 7) is 0. The lowest BCUT2D eigenvalue weighted by atomic mass is 10.1. The van der Waals surface area contributed by atoms with Gasteiger partial charge in [0, 0.05) is 18.2 Å². The zero-order valence-corrected chi connectivity index (χ0v) is 13.3. The summed E-state index contributed by atoms with van der Waals surface area (Å²) in [6.07, 6.45) is 0. The molecule has 2 aromatic carbocycles. The van der Waals surface area contributed by atoms with Crippen LogP contribution in [-0.4, -0.2) is 26.8 Å². The van der Waals surface area contributed by atoms with E-state index in [1.54, 1.807) is 0 Å². The zero-order valence-electron chi connectivity index (χ0n) is 12.5. The van der Waals surface area contributed by atoms with Gasteiger partial charge in [0.15, 0.2) is 0 Å². The van der Waals surface area contributed by atoms with E-state index in [-0.39, 0.29) is 11.4 Å². The van der Waals surface area contributed by atoms with E-state index in [0.29, 0.717) is 16.4 Å². The van der Waals surface area contributed by atoms with Crippen LogP contribution in [0, 0.1) is 21.7 Å². The molecule has 0 spiro atoms. The van der Waals surface area contributed by atoms with Crippen molar-refractivity contribution in [3.8, 4) is 0 Å². The monoisotopic (exact) mass is 372 g/mol. The van der Waals surface area contributed by atoms with E-state index in [1.165, 1.54) is 0 Å². The number of rotatable bonds is 5. The molecule has 0 fully saturated rings. The van der Waals surface area contributed by atoms with Crippen LogP contribution in [0.5, 0.6) is 0 Å². The van der Waals surface area contributed by atoms with Gasteiger partial charge in [-0.1, -0.05) is 0 Å². The number of nitro groups is 1. The number of nitrogens with zero attached hydrogens (tertiary/aromatic N) is 2. The van der Waals surface area contributed by atoms with Crippen LogP contribution in [0.2, 0.25) is 0 Å². The molecule has 2 aromatic rings. The highest BCUT2D eigenvalue weighted by molar-refractivity contribution is 7.81. The van der Waals surface area contributed by atoms with Crippen LogP contribution >= 0.6 is 0 Å². The fraction of sp³-hybridized carbons (Fsp3) is 0.0714. The molecule has 0 saturated heterocycles. The number of non-ortho nitro benzene ring substituents is 1. The van der Waals surface area contributed by atoms with E-state index in [9.17, 15) is 32.5 Å². The number of hydrogen-bond acceptors (Lipinski definition) is 5. The summed E-state index contributed by atoms with van der Waals surface area (Å²) >= 11 is -2.82. The second-order valence-corrected chi connectivity index (χ2v) is 5.40. The average molecular weight is 372 g/mol. The summed E-state index contributed by atoms with van der Waals surface area (Å²) in [4.78, 5) is 21.3. The van der Waals surface area contributed by atoms with Crippen molar-refractivity contribution in [1.82, 2.24) is 0 Å². The number of hydrogen-bond donors (Lipinski definition) is 1. The van der Waals surface area contributed by atoms with Gasteiger partial charge < -0.3 is 4.74 Å². The van der Waals surface area contributed by atoms with Crippen molar-refractivity contribution >= 4 is 34.3 Å². The number of halogens is 2. The summed E-state index contributed by atoms with van der Waals surface area (Å²) in [5.74, 6) is -3.45. The Hall–Kier alpha value is -2.92. The first-order valence-electron chi connectivity index (χ1n) is 6.49. The van der Waals surface area contributed by atoms with Crippen LogP contribution in [0.4, 0.5) is 25.8 Å². The smallest absolute Gasteiger partial charge is 0.340 e. The molecule has 0 heterocycles. The molecule has 0 aliphatic rings. The molecule has 132 valence electrons. The summed E-state index contributed by atoms with van der Waals surface area (Å²) in [5.41, 5.74) is -1.72. The first kappa shape index (κ1) is 18.4. The first-order valence-corrected chi connectivity index (χ1v) is 7.55. The van der Waals surface area contributed by atoms with Crippen molar-refractivity contribution in [2.75, 3.05) is 11.4 Å². The van der Waals surface area contributed by atoms with Gasteiger partial charge in [-0.2, -0.15) is 0 Å². The standard InChI is InChI=1S/C14H10F2N2O6S/c1-24-14(19)10-6-12(16)13(7-11(10)15)17(25(22)23)8-2-4-9(5-3-8)18(20)21/h2-7H,1H3,(H,22,23). The molecule has 1 atom stereocenters. The van der Waals surface area contributed by atoms with Crippen LogP contribution < -0.4 is 4.31 Å². The van der Waals surface area contributed by atoms with Gasteiger partial charge in [-0.15, -0.1) is 0 Å². The molecule has 8 nitrogen and oxygen atoms in total. The Morgan fingerprint density at radius 3 is 2.32 bits per heavy atom. The molecular weight excluding hydrogens is 362 g/mol. The summed E-state index contributed by atoms with van der Waals surface area (Å²) < 4.78 is 54.1. The Kier molecular flexibility index (Phi) is 5.39. The number of benzene rings is 2. The third-order valence-electron chi connectivity index (χ3n) is 3.11. The van der Waals surface area contributed by atoms with Gasteiger partial charge in [0.05, 0.1) is 29.0 Å². The highest BCUT2D eigenvalue weighted by Crippen LogP contribution is 2.32. The van der Waals surface area contributed by atoms with Crippen molar-refractivity contribution in [2.45, 2.75) is 0 Å². The van der Waals surface area contributed by atoms with Crippen LogP contribution in [-0.2, 0) is 16.0 Å². The highest BCUT2D eigenvalue weighted by atomic mass is 32.2. The molecule has 0 saturated carbocycles. The number of carbonyl (C=O) groups is 1. The first-order chi connectivity index (χ1) is 11.8. The SMILES string of the molecule is COC(=O)c1cc(F)c(N(c2ccc([N+](=O)[O-])cc2)S(=O)O)cc1F. The number of anilines is 2. The maximum atomic E-state index is 14.3. The van der Waals surface area contributed by atoms with Gasteiger partial charge in [0.2, 0.25) is 0 Å². The van der Waals surface area contributed by atoms with Crippen molar-refractivity contribution in [3.05, 3.63) is 63.7 Å². The normalized spacial score (nSPS) is 11.7. The van der Waals surface area contributed by atoms with Gasteiger partial charge in [0.1, 0.15) is 11.6 Å². The fourth-order valence-electron chi connectivity index (χ4n) is 1.98. The van der Waals surface area contributed by atoms with Crippen molar-refractivity contribution < 1.29 is 32.0 Å². The van der Waals surface area contributed by atoms with Crippen molar-refractivity contribution in [3.63, 3.8) is 0 Å². The third-order valence-corrected chi connectivity index (χ3v) is 3.83. The minimum Gasteiger partial charge on any atom is -0.465 e. The Morgan fingerprint density at radius 1 is 1.24 bits per heavy atom. The molecule has 0 aromatic heterocycles. The largest absolute Gasteiger partial charge is 0.465 e. The van der Waals surface area contributed by atoms with Gasteiger partial charge >= 0.3 is 5.97 Å². The van der Waals surface area contributed by atoms with E-state index >= 15 is 0 Å². The summed E-state index contributed by atoms with van der Waals surface area (Å²) in [6, 6.07) is 5.34. The highest BCUT2D eigenvalue weighted by Gasteiger charge is 2.24. The van der Waals surface area contributed by atoms with Gasteiger partial charge in [-0.25, -0.2) is 22.1 Å². The molecule has 0 aliphatic carbocycles. The van der Waals surface area contributed by atoms with E-state index in [2.05, 4.69) is 4.74 Å². The van der Waals surface area contributed by atoms with Gasteiger partial charge in [-0.05, 0) is 18.2 Å². The molecule has 1 unspecified atom stereocenters. The van der Waals surface area contributed by atoms with E-state index < -0.39 is 45.0 Å². The summed E-state index contributed by atoms with van der Waals surface area (Å²) in [7, 11) is 0.986. The Balaban J connectivity index is 2.54. The molecule has 11 heteroatoms. The second-order valence-electron chi connectivity index (χ2n) is 4.57.